The van der Waals surface area contributed by atoms with Gasteiger partial charge < -0.3 is 25.6 Å². The van der Waals surface area contributed by atoms with E-state index in [9.17, 15) is 9.59 Å². The number of thiophene rings is 1. The van der Waals surface area contributed by atoms with Gasteiger partial charge in [-0.2, -0.15) is 0 Å². The Bertz CT molecular complexity index is 788. The summed E-state index contributed by atoms with van der Waals surface area (Å²) in [4.78, 5) is 44.2. The third kappa shape index (κ3) is 7.62. The summed E-state index contributed by atoms with van der Waals surface area (Å²) in [5.74, 6) is -4.03. The third-order valence-corrected chi connectivity index (χ3v) is 6.45. The highest BCUT2D eigenvalue weighted by Crippen LogP contribution is 2.38. The topological polar surface area (TPSA) is 142 Å². The molecule has 1 aromatic rings. The predicted octanol–water partition coefficient (Wildman–Crippen LogP) is 2.82. The monoisotopic (exact) mass is 454 g/mol. The van der Waals surface area contributed by atoms with Crippen LogP contribution in [-0.4, -0.2) is 53.2 Å². The Balaban J connectivity index is 0.000000501. The molecule has 0 bridgehead atoms. The van der Waals surface area contributed by atoms with E-state index in [0.29, 0.717) is 29.8 Å². The summed E-state index contributed by atoms with van der Waals surface area (Å²) in [6.07, 6.45) is 10.2. The number of hydrogen-bond donors (Lipinski definition) is 4. The zero-order chi connectivity index (χ0) is 22.8. The van der Waals surface area contributed by atoms with E-state index in [4.69, 9.17) is 24.5 Å². The Hall–Kier alpha value is -2.46. The van der Waals surface area contributed by atoms with Crippen LogP contribution in [0.4, 0.5) is 5.00 Å². The fourth-order valence-corrected chi connectivity index (χ4v) is 5.08. The van der Waals surface area contributed by atoms with Crippen molar-refractivity contribution in [3.8, 4) is 0 Å². The predicted molar refractivity (Wildman–Crippen MR) is 116 cm³/mol. The molecule has 10 heteroatoms. The molecule has 1 saturated carbocycles. The average Bonchev–Trinajstić information content (AvgIpc) is 3.11. The van der Waals surface area contributed by atoms with Crippen LogP contribution in [0.25, 0.3) is 0 Å². The van der Waals surface area contributed by atoms with Crippen LogP contribution < -0.4 is 10.6 Å². The van der Waals surface area contributed by atoms with Crippen LogP contribution in [0.5, 0.6) is 0 Å². The molecular formula is C21H30N2O7S. The molecule has 2 aliphatic rings. The molecule has 1 aromatic heterocycles. The molecule has 4 N–H and O–H groups in total. The lowest BCUT2D eigenvalue weighted by atomic mass is 9.95. The molecule has 3 rings (SSSR count). The maximum Gasteiger partial charge on any atom is 0.414 e. The maximum atomic E-state index is 12.4. The van der Waals surface area contributed by atoms with Crippen molar-refractivity contribution in [1.29, 1.82) is 0 Å². The van der Waals surface area contributed by atoms with Gasteiger partial charge in [0.25, 0.3) is 0 Å². The fourth-order valence-electron chi connectivity index (χ4n) is 3.79. The van der Waals surface area contributed by atoms with Crippen molar-refractivity contribution in [2.75, 3.05) is 18.5 Å². The van der Waals surface area contributed by atoms with E-state index < -0.39 is 11.9 Å². The number of hydrogen-bond acceptors (Lipinski definition) is 7. The lowest BCUT2D eigenvalue weighted by Gasteiger charge is -2.22. The summed E-state index contributed by atoms with van der Waals surface area (Å²) < 4.78 is 5.23. The van der Waals surface area contributed by atoms with Gasteiger partial charge in [-0.25, -0.2) is 14.4 Å². The second kappa shape index (κ2) is 12.4. The zero-order valence-electron chi connectivity index (χ0n) is 17.7. The van der Waals surface area contributed by atoms with Crippen LogP contribution in [0.1, 0.15) is 72.7 Å². The van der Waals surface area contributed by atoms with Crippen molar-refractivity contribution in [1.82, 2.24) is 5.32 Å². The van der Waals surface area contributed by atoms with Gasteiger partial charge in [0.15, 0.2) is 0 Å². The number of anilines is 1. The van der Waals surface area contributed by atoms with Crippen molar-refractivity contribution < 1.29 is 34.1 Å². The average molecular weight is 455 g/mol. The summed E-state index contributed by atoms with van der Waals surface area (Å²) in [6.45, 7) is 2.46. The highest BCUT2D eigenvalue weighted by atomic mass is 32.1. The molecule has 0 atom stereocenters. The first kappa shape index (κ1) is 24.8. The first-order valence-corrected chi connectivity index (χ1v) is 11.5. The van der Waals surface area contributed by atoms with E-state index in [1.165, 1.54) is 24.1 Å². The number of nitrogens with one attached hydrogen (secondary N) is 2. The minimum Gasteiger partial charge on any atom is -0.473 e. The van der Waals surface area contributed by atoms with Crippen molar-refractivity contribution >= 4 is 40.2 Å². The molecule has 0 spiro atoms. The van der Waals surface area contributed by atoms with Crippen molar-refractivity contribution in [2.45, 2.75) is 70.8 Å². The van der Waals surface area contributed by atoms with Gasteiger partial charge >= 0.3 is 17.9 Å². The zero-order valence-corrected chi connectivity index (χ0v) is 18.5. The third-order valence-electron chi connectivity index (χ3n) is 5.24. The molecule has 2 aliphatic carbocycles. The number of aliphatic carboxylic acids is 2. The number of rotatable bonds is 6. The summed E-state index contributed by atoms with van der Waals surface area (Å²) in [7, 11) is 0. The number of carbonyl (C=O) groups excluding carboxylic acids is 2. The van der Waals surface area contributed by atoms with E-state index >= 15 is 0 Å². The Morgan fingerprint density at radius 2 is 1.65 bits per heavy atom. The lowest BCUT2D eigenvalue weighted by Crippen LogP contribution is -2.37. The lowest BCUT2D eigenvalue weighted by molar-refractivity contribution is -0.159. The number of ether oxygens (including phenoxy) is 1. The highest BCUT2D eigenvalue weighted by Gasteiger charge is 2.27. The summed E-state index contributed by atoms with van der Waals surface area (Å²) in [5.41, 5.74) is 1.68. The van der Waals surface area contributed by atoms with E-state index in [1.807, 2.05) is 6.92 Å². The second-order valence-corrected chi connectivity index (χ2v) is 8.61. The summed E-state index contributed by atoms with van der Waals surface area (Å²) in [5, 5.41) is 21.8. The van der Waals surface area contributed by atoms with Crippen LogP contribution in [0.15, 0.2) is 0 Å². The Kier molecular flexibility index (Phi) is 9.93. The maximum absolute atomic E-state index is 12.4. The second-order valence-electron chi connectivity index (χ2n) is 7.51. The molecule has 1 heterocycles. The van der Waals surface area contributed by atoms with Crippen molar-refractivity contribution in [3.05, 3.63) is 16.0 Å². The van der Waals surface area contributed by atoms with Crippen LogP contribution in [0.3, 0.4) is 0 Å². The molecule has 0 aliphatic heterocycles. The fraction of sp³-hybridized carbons (Fsp3) is 0.619. The van der Waals surface area contributed by atoms with Crippen LogP contribution in [0, 0.1) is 0 Å². The number of carboxylic acid groups (broad SMARTS) is 2. The van der Waals surface area contributed by atoms with Crippen molar-refractivity contribution in [2.24, 2.45) is 0 Å². The van der Waals surface area contributed by atoms with Crippen LogP contribution in [0.2, 0.25) is 0 Å². The van der Waals surface area contributed by atoms with Gasteiger partial charge in [-0.15, -0.1) is 11.3 Å². The molecule has 0 unspecified atom stereocenters. The van der Waals surface area contributed by atoms with Gasteiger partial charge in [0.2, 0.25) is 5.91 Å². The smallest absolute Gasteiger partial charge is 0.414 e. The number of esters is 1. The minimum absolute atomic E-state index is 0.0743. The largest absolute Gasteiger partial charge is 0.473 e. The molecule has 31 heavy (non-hydrogen) atoms. The SMILES string of the molecule is CCOC(=O)c1c(NC(=O)CNC2CCCCC2)sc2c1CCCC2.O=C(O)C(=O)O. The van der Waals surface area contributed by atoms with Gasteiger partial charge in [0.1, 0.15) is 5.00 Å². The standard InChI is InChI=1S/C19H28N2O3S.C2H2O4/c1-2-24-19(23)17-14-10-6-7-11-15(14)25-18(17)21-16(22)12-20-13-8-4-3-5-9-13;3-1(4)2(5)6/h13,20H,2-12H2,1H3,(H,21,22);(H,3,4)(H,5,6). The molecule has 0 saturated heterocycles. The van der Waals surface area contributed by atoms with E-state index in [2.05, 4.69) is 10.6 Å². The minimum atomic E-state index is -1.82. The molecule has 172 valence electrons. The number of carboxylic acids is 2. The van der Waals surface area contributed by atoms with Gasteiger partial charge in [-0.1, -0.05) is 19.3 Å². The van der Waals surface area contributed by atoms with E-state index in [1.54, 1.807) is 11.3 Å². The number of amides is 1. The van der Waals surface area contributed by atoms with Gasteiger partial charge in [-0.05, 0) is 51.0 Å². The molecule has 0 aromatic carbocycles. The molecule has 1 fully saturated rings. The Morgan fingerprint density at radius 1 is 1.00 bits per heavy atom. The first-order valence-electron chi connectivity index (χ1n) is 10.6. The molecular weight excluding hydrogens is 424 g/mol. The van der Waals surface area contributed by atoms with E-state index in [0.717, 1.165) is 44.1 Å². The first-order chi connectivity index (χ1) is 14.8. The Labute approximate surface area is 185 Å². The van der Waals surface area contributed by atoms with Crippen LogP contribution >= 0.6 is 11.3 Å². The molecule has 1 amide bonds. The van der Waals surface area contributed by atoms with E-state index in [-0.39, 0.29) is 11.9 Å². The Morgan fingerprint density at radius 3 is 2.26 bits per heavy atom. The van der Waals surface area contributed by atoms with Crippen LogP contribution in [-0.2, 0) is 32.0 Å². The number of carbonyl (C=O) groups is 4. The normalized spacial score (nSPS) is 15.8. The molecule has 0 radical (unpaired) electrons. The molecule has 9 nitrogen and oxygen atoms in total. The number of aryl methyl sites for hydroxylation is 1. The number of fused-ring (bicyclic) bond motifs is 1. The quantitative estimate of drug-likeness (QED) is 0.380. The van der Waals surface area contributed by atoms with Gasteiger partial charge in [-0.3, -0.25) is 4.79 Å². The van der Waals surface area contributed by atoms with Gasteiger partial charge in [0.05, 0.1) is 18.7 Å². The van der Waals surface area contributed by atoms with Crippen molar-refractivity contribution in [3.63, 3.8) is 0 Å². The van der Waals surface area contributed by atoms with Gasteiger partial charge in [0, 0.05) is 10.9 Å². The summed E-state index contributed by atoms with van der Waals surface area (Å²) in [6, 6.07) is 0.445. The summed E-state index contributed by atoms with van der Waals surface area (Å²) >= 11 is 1.55. The highest BCUT2D eigenvalue weighted by molar-refractivity contribution is 7.17.